The van der Waals surface area contributed by atoms with Gasteiger partial charge in [-0.15, -0.1) is 0 Å². The number of aromatic nitrogens is 2. The Bertz CT molecular complexity index is 924. The van der Waals surface area contributed by atoms with Crippen molar-refractivity contribution in [1.82, 2.24) is 15.1 Å². The molecule has 1 aliphatic rings. The van der Waals surface area contributed by atoms with Crippen molar-refractivity contribution in [1.29, 1.82) is 0 Å². The number of ether oxygens (including phenoxy) is 1. The van der Waals surface area contributed by atoms with Crippen LogP contribution in [0.4, 0.5) is 4.39 Å². The molecule has 4 rings (SSSR count). The molecule has 6 heteroatoms. The van der Waals surface area contributed by atoms with Crippen molar-refractivity contribution in [2.75, 3.05) is 19.7 Å². The van der Waals surface area contributed by atoms with Gasteiger partial charge in [-0.2, -0.15) is 5.10 Å². The van der Waals surface area contributed by atoms with E-state index in [9.17, 15) is 9.18 Å². The minimum atomic E-state index is -0.252. The van der Waals surface area contributed by atoms with Gasteiger partial charge in [0.05, 0.1) is 30.3 Å². The second-order valence-corrected chi connectivity index (χ2v) is 6.56. The van der Waals surface area contributed by atoms with Crippen LogP contribution >= 0.6 is 0 Å². The van der Waals surface area contributed by atoms with E-state index in [2.05, 4.69) is 10.2 Å². The monoisotopic (exact) mass is 353 g/mol. The van der Waals surface area contributed by atoms with E-state index in [4.69, 9.17) is 4.74 Å². The summed E-state index contributed by atoms with van der Waals surface area (Å²) in [6.45, 7) is 1.58. The maximum absolute atomic E-state index is 13.4. The van der Waals surface area contributed by atoms with Crippen LogP contribution in [0, 0.1) is 5.82 Å². The Morgan fingerprint density at radius 1 is 1.27 bits per heavy atom. The maximum Gasteiger partial charge on any atom is 0.228 e. The number of rotatable bonds is 4. The molecule has 1 fully saturated rings. The molecule has 1 aliphatic heterocycles. The summed E-state index contributed by atoms with van der Waals surface area (Å²) in [4.78, 5) is 14.5. The minimum Gasteiger partial charge on any atom is -0.374 e. The van der Waals surface area contributed by atoms with E-state index in [1.54, 1.807) is 6.07 Å². The first-order valence-corrected chi connectivity index (χ1v) is 8.75. The third kappa shape index (κ3) is 3.60. The van der Waals surface area contributed by atoms with Crippen molar-refractivity contribution in [2.24, 2.45) is 0 Å². The highest BCUT2D eigenvalue weighted by Crippen LogP contribution is 2.18. The molecule has 3 aromatic rings. The summed E-state index contributed by atoms with van der Waals surface area (Å²) in [6, 6.07) is 14.3. The molecule has 0 saturated carbocycles. The van der Waals surface area contributed by atoms with E-state index >= 15 is 0 Å². The molecule has 1 unspecified atom stereocenters. The third-order valence-corrected chi connectivity index (χ3v) is 4.71. The number of hydrogen-bond donors (Lipinski definition) is 1. The van der Waals surface area contributed by atoms with Crippen molar-refractivity contribution in [3.63, 3.8) is 0 Å². The summed E-state index contributed by atoms with van der Waals surface area (Å²) in [5, 5.41) is 8.19. The SMILES string of the molecule is O=C(Cc1[nH]nc2ccccc12)N1CCOC(Cc2cccc(F)c2)C1. The lowest BCUT2D eigenvalue weighted by molar-refractivity contribution is -0.138. The second-order valence-electron chi connectivity index (χ2n) is 6.56. The lowest BCUT2D eigenvalue weighted by Gasteiger charge is -2.33. The molecular weight excluding hydrogens is 333 g/mol. The van der Waals surface area contributed by atoms with Gasteiger partial charge in [0.25, 0.3) is 0 Å². The van der Waals surface area contributed by atoms with E-state index in [0.29, 0.717) is 26.1 Å². The number of hydrogen-bond acceptors (Lipinski definition) is 3. The predicted octanol–water partition coefficient (Wildman–Crippen LogP) is 2.71. The first-order valence-electron chi connectivity index (χ1n) is 8.75. The molecule has 1 atom stereocenters. The number of H-pyrrole nitrogens is 1. The Morgan fingerprint density at radius 3 is 3.04 bits per heavy atom. The number of amides is 1. The molecule has 1 saturated heterocycles. The number of nitrogens with one attached hydrogen (secondary N) is 1. The van der Waals surface area contributed by atoms with Crippen LogP contribution in [0.3, 0.4) is 0 Å². The number of benzene rings is 2. The highest BCUT2D eigenvalue weighted by Gasteiger charge is 2.25. The molecule has 1 aromatic heterocycles. The van der Waals surface area contributed by atoms with Crippen molar-refractivity contribution >= 4 is 16.8 Å². The van der Waals surface area contributed by atoms with Gasteiger partial charge in [-0.05, 0) is 23.8 Å². The van der Waals surface area contributed by atoms with Gasteiger partial charge in [-0.3, -0.25) is 9.89 Å². The summed E-state index contributed by atoms with van der Waals surface area (Å²) in [5.74, 6) is -0.204. The number of aromatic amines is 1. The summed E-state index contributed by atoms with van der Waals surface area (Å²) in [7, 11) is 0. The molecular formula is C20H20FN3O2. The number of nitrogens with zero attached hydrogens (tertiary/aromatic N) is 2. The molecule has 0 bridgehead atoms. The Morgan fingerprint density at radius 2 is 2.15 bits per heavy atom. The highest BCUT2D eigenvalue weighted by molar-refractivity contribution is 5.87. The number of morpholine rings is 1. The van der Waals surface area contributed by atoms with Gasteiger partial charge in [0.2, 0.25) is 5.91 Å². The number of halogens is 1. The fourth-order valence-corrected chi connectivity index (χ4v) is 3.41. The van der Waals surface area contributed by atoms with E-state index in [0.717, 1.165) is 22.2 Å². The first-order chi connectivity index (χ1) is 12.7. The highest BCUT2D eigenvalue weighted by atomic mass is 19.1. The van der Waals surface area contributed by atoms with Crippen LogP contribution in [-0.2, 0) is 22.4 Å². The van der Waals surface area contributed by atoms with Crippen LogP contribution in [0.15, 0.2) is 48.5 Å². The van der Waals surface area contributed by atoms with Gasteiger partial charge in [-0.1, -0.05) is 30.3 Å². The van der Waals surface area contributed by atoms with Gasteiger partial charge in [-0.25, -0.2) is 4.39 Å². The Hall–Kier alpha value is -2.73. The average molecular weight is 353 g/mol. The molecule has 0 spiro atoms. The molecule has 1 amide bonds. The van der Waals surface area contributed by atoms with Crippen LogP contribution in [0.2, 0.25) is 0 Å². The third-order valence-electron chi connectivity index (χ3n) is 4.71. The van der Waals surface area contributed by atoms with E-state index in [1.165, 1.54) is 12.1 Å². The Labute approximate surface area is 150 Å². The largest absolute Gasteiger partial charge is 0.374 e. The normalized spacial score (nSPS) is 17.6. The van der Waals surface area contributed by atoms with Gasteiger partial charge in [0, 0.05) is 24.9 Å². The minimum absolute atomic E-state index is 0.0481. The zero-order valence-electron chi connectivity index (χ0n) is 14.3. The van der Waals surface area contributed by atoms with Crippen molar-refractivity contribution in [3.05, 3.63) is 65.6 Å². The Kier molecular flexibility index (Phi) is 4.67. The summed E-state index contributed by atoms with van der Waals surface area (Å²) in [6.07, 6.45) is 0.759. The van der Waals surface area contributed by atoms with Crippen LogP contribution < -0.4 is 0 Å². The lowest BCUT2D eigenvalue weighted by atomic mass is 10.1. The smallest absolute Gasteiger partial charge is 0.228 e. The van der Waals surface area contributed by atoms with Gasteiger partial charge in [0.15, 0.2) is 0 Å². The quantitative estimate of drug-likeness (QED) is 0.785. The molecule has 0 radical (unpaired) electrons. The Balaban J connectivity index is 1.41. The summed E-state index contributed by atoms with van der Waals surface area (Å²) in [5.41, 5.74) is 2.57. The fourth-order valence-electron chi connectivity index (χ4n) is 3.41. The van der Waals surface area contributed by atoms with Gasteiger partial charge < -0.3 is 9.64 Å². The molecule has 1 N–H and O–H groups in total. The predicted molar refractivity (Wildman–Crippen MR) is 96.2 cm³/mol. The van der Waals surface area contributed by atoms with Crippen molar-refractivity contribution in [2.45, 2.75) is 18.9 Å². The van der Waals surface area contributed by atoms with Gasteiger partial charge in [0.1, 0.15) is 5.82 Å². The lowest BCUT2D eigenvalue weighted by Crippen LogP contribution is -2.47. The van der Waals surface area contributed by atoms with Crippen LogP contribution in [0.1, 0.15) is 11.3 Å². The summed E-state index contributed by atoms with van der Waals surface area (Å²) < 4.78 is 19.1. The molecule has 5 nitrogen and oxygen atoms in total. The first kappa shape index (κ1) is 16.7. The fraction of sp³-hybridized carbons (Fsp3) is 0.300. The van der Waals surface area contributed by atoms with Crippen LogP contribution in [0.5, 0.6) is 0 Å². The topological polar surface area (TPSA) is 58.2 Å². The van der Waals surface area contributed by atoms with Gasteiger partial charge >= 0.3 is 0 Å². The molecule has 134 valence electrons. The number of para-hydroxylation sites is 1. The number of carbonyl (C=O) groups is 1. The molecule has 2 heterocycles. The second kappa shape index (κ2) is 7.25. The van der Waals surface area contributed by atoms with Crippen molar-refractivity contribution in [3.8, 4) is 0 Å². The van der Waals surface area contributed by atoms with E-state index < -0.39 is 0 Å². The van der Waals surface area contributed by atoms with Crippen LogP contribution in [-0.4, -0.2) is 46.8 Å². The zero-order valence-corrected chi connectivity index (χ0v) is 14.3. The number of fused-ring (bicyclic) bond motifs is 1. The molecule has 2 aromatic carbocycles. The van der Waals surface area contributed by atoms with Crippen molar-refractivity contribution < 1.29 is 13.9 Å². The standard InChI is InChI=1S/C20H20FN3O2/c21-15-5-3-4-14(10-15)11-16-13-24(8-9-26-16)20(25)12-19-17-6-1-2-7-18(17)22-23-19/h1-7,10,16H,8-9,11-13H2,(H,22,23). The zero-order chi connectivity index (χ0) is 17.9. The maximum atomic E-state index is 13.4. The molecule has 26 heavy (non-hydrogen) atoms. The average Bonchev–Trinajstić information content (AvgIpc) is 3.05. The van der Waals surface area contributed by atoms with Crippen LogP contribution in [0.25, 0.3) is 10.9 Å². The summed E-state index contributed by atoms with van der Waals surface area (Å²) >= 11 is 0. The number of carbonyl (C=O) groups excluding carboxylic acids is 1. The van der Waals surface area contributed by atoms with E-state index in [-0.39, 0.29) is 24.2 Å². The molecule has 0 aliphatic carbocycles. The van der Waals surface area contributed by atoms with E-state index in [1.807, 2.05) is 35.2 Å².